The first-order valence-corrected chi connectivity index (χ1v) is 6.61. The molecule has 5 nitrogen and oxygen atoms in total. The third-order valence-corrected chi connectivity index (χ3v) is 3.41. The number of nitrogens with one attached hydrogen (secondary N) is 1. The monoisotopic (exact) mass is 282 g/mol. The molecule has 0 atom stereocenters. The summed E-state index contributed by atoms with van der Waals surface area (Å²) in [5.41, 5.74) is 5.80. The summed E-state index contributed by atoms with van der Waals surface area (Å²) in [7, 11) is 0. The van der Waals surface area contributed by atoms with Gasteiger partial charge in [0, 0.05) is 38.3 Å². The van der Waals surface area contributed by atoms with E-state index in [1.165, 1.54) is 24.3 Å². The first-order chi connectivity index (χ1) is 9.63. The first-order valence-electron chi connectivity index (χ1n) is 6.61. The summed E-state index contributed by atoms with van der Waals surface area (Å²) in [6.45, 7) is 1.47. The quantitative estimate of drug-likeness (QED) is 0.853. The fraction of sp³-hybridized carbons (Fsp3) is 0.500. The topological polar surface area (TPSA) is 73.6 Å². The van der Waals surface area contributed by atoms with Crippen LogP contribution < -0.4 is 11.1 Å². The third kappa shape index (κ3) is 4.00. The van der Waals surface area contributed by atoms with E-state index >= 15 is 0 Å². The highest BCUT2D eigenvalue weighted by Gasteiger charge is 2.32. The zero-order valence-corrected chi connectivity index (χ0v) is 11.2. The van der Waals surface area contributed by atoms with Gasteiger partial charge in [-0.25, -0.2) is 4.39 Å². The second-order valence-electron chi connectivity index (χ2n) is 4.84. The SMILES string of the molecule is NCC1(OCC(=O)Nc2ccc(F)cc2)CCOCC1. The van der Waals surface area contributed by atoms with Crippen LogP contribution in [0, 0.1) is 5.82 Å². The summed E-state index contributed by atoms with van der Waals surface area (Å²) < 4.78 is 23.7. The largest absolute Gasteiger partial charge is 0.381 e. The van der Waals surface area contributed by atoms with Crippen LogP contribution in [-0.4, -0.2) is 37.9 Å². The molecule has 1 heterocycles. The van der Waals surface area contributed by atoms with Crippen molar-refractivity contribution >= 4 is 11.6 Å². The minimum Gasteiger partial charge on any atom is -0.381 e. The van der Waals surface area contributed by atoms with Crippen LogP contribution in [0.15, 0.2) is 24.3 Å². The molecule has 0 spiro atoms. The maximum atomic E-state index is 12.7. The maximum Gasteiger partial charge on any atom is 0.250 e. The number of hydrogen-bond acceptors (Lipinski definition) is 4. The lowest BCUT2D eigenvalue weighted by molar-refractivity contribution is -0.137. The summed E-state index contributed by atoms with van der Waals surface area (Å²) in [4.78, 5) is 11.8. The van der Waals surface area contributed by atoms with Gasteiger partial charge in [-0.2, -0.15) is 0 Å². The van der Waals surface area contributed by atoms with Gasteiger partial charge in [-0.15, -0.1) is 0 Å². The van der Waals surface area contributed by atoms with Crippen molar-refractivity contribution in [2.45, 2.75) is 18.4 Å². The van der Waals surface area contributed by atoms with Crippen molar-refractivity contribution in [1.82, 2.24) is 0 Å². The van der Waals surface area contributed by atoms with Crippen LogP contribution in [0.4, 0.5) is 10.1 Å². The lowest BCUT2D eigenvalue weighted by Crippen LogP contribution is -2.46. The molecule has 110 valence electrons. The van der Waals surface area contributed by atoms with Gasteiger partial charge in [0.2, 0.25) is 5.91 Å². The summed E-state index contributed by atoms with van der Waals surface area (Å²) in [6.07, 6.45) is 1.38. The summed E-state index contributed by atoms with van der Waals surface area (Å²) in [5.74, 6) is -0.625. The van der Waals surface area contributed by atoms with E-state index in [0.29, 0.717) is 38.3 Å². The molecule has 20 heavy (non-hydrogen) atoms. The van der Waals surface area contributed by atoms with Crippen molar-refractivity contribution < 1.29 is 18.7 Å². The molecule has 0 saturated carbocycles. The number of carbonyl (C=O) groups excluding carboxylic acids is 1. The van der Waals surface area contributed by atoms with Gasteiger partial charge < -0.3 is 20.5 Å². The highest BCUT2D eigenvalue weighted by atomic mass is 19.1. The molecule has 2 rings (SSSR count). The molecule has 1 aromatic rings. The number of ether oxygens (including phenoxy) is 2. The number of carbonyl (C=O) groups is 1. The fourth-order valence-electron chi connectivity index (χ4n) is 2.10. The Bertz CT molecular complexity index is 444. The number of nitrogens with two attached hydrogens (primary N) is 1. The van der Waals surface area contributed by atoms with Gasteiger partial charge in [0.1, 0.15) is 12.4 Å². The highest BCUT2D eigenvalue weighted by molar-refractivity contribution is 5.91. The molecular formula is C14H19FN2O3. The van der Waals surface area contributed by atoms with Crippen molar-refractivity contribution in [3.05, 3.63) is 30.1 Å². The van der Waals surface area contributed by atoms with Crippen LogP contribution in [0.5, 0.6) is 0 Å². The number of amides is 1. The van der Waals surface area contributed by atoms with Crippen LogP contribution >= 0.6 is 0 Å². The fourth-order valence-corrected chi connectivity index (χ4v) is 2.10. The lowest BCUT2D eigenvalue weighted by Gasteiger charge is -2.35. The Morgan fingerprint density at radius 2 is 2.00 bits per heavy atom. The Hall–Kier alpha value is -1.50. The van der Waals surface area contributed by atoms with Gasteiger partial charge in [0.25, 0.3) is 0 Å². The molecule has 0 aliphatic carbocycles. The Balaban J connectivity index is 1.83. The van der Waals surface area contributed by atoms with Crippen LogP contribution in [0.3, 0.4) is 0 Å². The van der Waals surface area contributed by atoms with E-state index in [4.69, 9.17) is 15.2 Å². The van der Waals surface area contributed by atoms with Crippen molar-refractivity contribution in [2.24, 2.45) is 5.73 Å². The van der Waals surface area contributed by atoms with Gasteiger partial charge in [0.05, 0.1) is 5.60 Å². The van der Waals surface area contributed by atoms with E-state index in [9.17, 15) is 9.18 Å². The number of rotatable bonds is 5. The van der Waals surface area contributed by atoms with Gasteiger partial charge in [-0.05, 0) is 24.3 Å². The lowest BCUT2D eigenvalue weighted by atomic mass is 9.94. The van der Waals surface area contributed by atoms with Crippen molar-refractivity contribution in [2.75, 3.05) is 31.7 Å². The molecule has 0 bridgehead atoms. The van der Waals surface area contributed by atoms with Crippen molar-refractivity contribution in [3.63, 3.8) is 0 Å². The van der Waals surface area contributed by atoms with Gasteiger partial charge in [-0.1, -0.05) is 0 Å². The molecule has 1 saturated heterocycles. The zero-order chi connectivity index (χ0) is 14.4. The number of benzene rings is 1. The van der Waals surface area contributed by atoms with Gasteiger partial charge in [-0.3, -0.25) is 4.79 Å². The molecule has 3 N–H and O–H groups in total. The molecule has 0 aromatic heterocycles. The molecule has 1 aliphatic rings. The second kappa shape index (κ2) is 6.78. The van der Waals surface area contributed by atoms with E-state index in [1.807, 2.05) is 0 Å². The van der Waals surface area contributed by atoms with Crippen molar-refractivity contribution in [1.29, 1.82) is 0 Å². The average molecular weight is 282 g/mol. The summed E-state index contributed by atoms with van der Waals surface area (Å²) in [6, 6.07) is 5.58. The first kappa shape index (κ1) is 14.9. The molecule has 1 amide bonds. The Morgan fingerprint density at radius 3 is 2.60 bits per heavy atom. The Morgan fingerprint density at radius 1 is 1.35 bits per heavy atom. The predicted molar refractivity (Wildman–Crippen MR) is 72.8 cm³/mol. The Kier molecular flexibility index (Phi) is 5.05. The standard InChI is InChI=1S/C14H19FN2O3/c15-11-1-3-12(4-2-11)17-13(18)9-20-14(10-16)5-7-19-8-6-14/h1-4H,5-10,16H2,(H,17,18). The average Bonchev–Trinajstić information content (AvgIpc) is 2.49. The minimum absolute atomic E-state index is 0.0748. The van der Waals surface area contributed by atoms with Crippen LogP contribution in [0.25, 0.3) is 0 Å². The van der Waals surface area contributed by atoms with E-state index < -0.39 is 5.60 Å². The summed E-state index contributed by atoms with van der Waals surface area (Å²) in [5, 5.41) is 2.65. The molecule has 1 fully saturated rings. The molecule has 0 radical (unpaired) electrons. The van der Waals surface area contributed by atoms with Crippen LogP contribution in [-0.2, 0) is 14.3 Å². The van der Waals surface area contributed by atoms with Crippen LogP contribution in [0.1, 0.15) is 12.8 Å². The summed E-state index contributed by atoms with van der Waals surface area (Å²) >= 11 is 0. The highest BCUT2D eigenvalue weighted by Crippen LogP contribution is 2.23. The second-order valence-corrected chi connectivity index (χ2v) is 4.84. The zero-order valence-electron chi connectivity index (χ0n) is 11.2. The third-order valence-electron chi connectivity index (χ3n) is 3.41. The van der Waals surface area contributed by atoms with E-state index in [1.54, 1.807) is 0 Å². The van der Waals surface area contributed by atoms with Gasteiger partial charge >= 0.3 is 0 Å². The van der Waals surface area contributed by atoms with Crippen molar-refractivity contribution in [3.8, 4) is 0 Å². The van der Waals surface area contributed by atoms with E-state index in [-0.39, 0.29) is 18.3 Å². The Labute approximate surface area is 117 Å². The molecule has 0 unspecified atom stereocenters. The maximum absolute atomic E-state index is 12.7. The smallest absolute Gasteiger partial charge is 0.250 e. The minimum atomic E-state index is -0.474. The van der Waals surface area contributed by atoms with E-state index in [2.05, 4.69) is 5.32 Å². The number of halogens is 1. The van der Waals surface area contributed by atoms with Gasteiger partial charge in [0.15, 0.2) is 0 Å². The van der Waals surface area contributed by atoms with Crippen LogP contribution in [0.2, 0.25) is 0 Å². The molecular weight excluding hydrogens is 263 g/mol. The molecule has 1 aromatic carbocycles. The number of hydrogen-bond donors (Lipinski definition) is 2. The predicted octanol–water partition coefficient (Wildman–Crippen LogP) is 1.29. The number of anilines is 1. The van der Waals surface area contributed by atoms with E-state index in [0.717, 1.165) is 0 Å². The molecule has 6 heteroatoms. The molecule has 1 aliphatic heterocycles. The normalized spacial score (nSPS) is 17.7.